The van der Waals surface area contributed by atoms with Gasteiger partial charge in [-0.1, -0.05) is 66.2 Å². The minimum Gasteiger partial charge on any atom is -0.500 e. The van der Waals surface area contributed by atoms with E-state index in [2.05, 4.69) is 4.72 Å². The van der Waals surface area contributed by atoms with Crippen LogP contribution in [0.1, 0.15) is 23.1 Å². The number of carbonyl (C=O) groups excluding carboxylic acids is 1. The van der Waals surface area contributed by atoms with Gasteiger partial charge >= 0.3 is 0 Å². The predicted octanol–water partition coefficient (Wildman–Crippen LogP) is 5.05. The average molecular weight is 496 g/mol. The van der Waals surface area contributed by atoms with Crippen molar-refractivity contribution in [2.75, 3.05) is 13.7 Å². The van der Waals surface area contributed by atoms with Gasteiger partial charge in [-0.3, -0.25) is 4.79 Å². The third-order valence-corrected chi connectivity index (χ3v) is 7.67. The summed E-state index contributed by atoms with van der Waals surface area (Å²) in [5.41, 5.74) is 3.60. The first-order chi connectivity index (χ1) is 16.4. The molecule has 0 aromatic heterocycles. The summed E-state index contributed by atoms with van der Waals surface area (Å²) >= 11 is 5.84. The molecule has 3 aromatic rings. The predicted molar refractivity (Wildman–Crippen MR) is 134 cm³/mol. The second-order valence-electron chi connectivity index (χ2n) is 8.26. The monoisotopic (exact) mass is 495 g/mol. The molecule has 5 nitrogen and oxygen atoms in total. The number of nitrogens with one attached hydrogen (secondary N) is 1. The smallest absolute Gasteiger partial charge is 0.240 e. The van der Waals surface area contributed by atoms with Gasteiger partial charge in [0.25, 0.3) is 0 Å². The fourth-order valence-electron chi connectivity index (χ4n) is 4.24. The minimum atomic E-state index is -3.60. The zero-order chi connectivity index (χ0) is 24.1. The Balaban J connectivity index is 1.39. The minimum absolute atomic E-state index is 0.101. The van der Waals surface area contributed by atoms with Crippen LogP contribution in [0.2, 0.25) is 5.02 Å². The quantitative estimate of drug-likeness (QED) is 0.451. The Morgan fingerprint density at radius 3 is 2.38 bits per heavy atom. The van der Waals surface area contributed by atoms with Gasteiger partial charge in [-0.05, 0) is 53.8 Å². The summed E-state index contributed by atoms with van der Waals surface area (Å²) in [7, 11) is -1.99. The molecule has 0 aliphatic heterocycles. The number of halogens is 1. The molecule has 4 rings (SSSR count). The van der Waals surface area contributed by atoms with Crippen molar-refractivity contribution in [1.82, 2.24) is 4.72 Å². The molecular weight excluding hydrogens is 470 g/mol. The summed E-state index contributed by atoms with van der Waals surface area (Å²) in [6.07, 6.45) is 1.72. The van der Waals surface area contributed by atoms with Crippen molar-refractivity contribution in [2.24, 2.45) is 5.92 Å². The molecule has 1 N–H and O–H groups in total. The van der Waals surface area contributed by atoms with E-state index in [9.17, 15) is 13.2 Å². The second kappa shape index (κ2) is 10.6. The van der Waals surface area contributed by atoms with Gasteiger partial charge in [0, 0.05) is 23.9 Å². The van der Waals surface area contributed by atoms with Crippen LogP contribution < -0.4 is 4.72 Å². The number of hydrogen-bond acceptors (Lipinski definition) is 4. The number of allylic oxidation sites excluding steroid dienone is 2. The Labute approximate surface area is 205 Å². The lowest BCUT2D eigenvalue weighted by molar-refractivity contribution is -0.116. The molecule has 0 amide bonds. The van der Waals surface area contributed by atoms with Crippen LogP contribution in [0.5, 0.6) is 0 Å². The molecule has 1 unspecified atom stereocenters. The number of sulfonamides is 1. The highest BCUT2D eigenvalue weighted by Crippen LogP contribution is 2.37. The van der Waals surface area contributed by atoms with Gasteiger partial charge in [0.15, 0.2) is 5.78 Å². The number of benzene rings is 3. The standard InChI is InChI=1S/C27H26ClNO4S/c1-33-25-18-22(27(30)26(25)21-8-3-2-4-9-21)17-20-7-5-6-19(16-20)14-15-29-34(31,32)24-12-10-23(28)11-13-24/h2-13,16,22,29H,14-15,17-18H2,1H3. The maximum absolute atomic E-state index is 13.2. The van der Waals surface area contributed by atoms with Crippen LogP contribution >= 0.6 is 11.6 Å². The van der Waals surface area contributed by atoms with Gasteiger partial charge in [-0.25, -0.2) is 13.1 Å². The number of ether oxygens (including phenoxy) is 1. The number of Topliss-reactive ketones (excluding diaryl/α,β-unsaturated/α-hetero) is 1. The summed E-state index contributed by atoms with van der Waals surface area (Å²) in [6, 6.07) is 23.6. The van der Waals surface area contributed by atoms with E-state index >= 15 is 0 Å². The molecule has 176 valence electrons. The first kappa shape index (κ1) is 24.2. The largest absolute Gasteiger partial charge is 0.500 e. The molecule has 1 aliphatic rings. The molecule has 0 fully saturated rings. The average Bonchev–Trinajstić information content (AvgIpc) is 3.15. The summed E-state index contributed by atoms with van der Waals surface area (Å²) in [5, 5.41) is 0.486. The zero-order valence-electron chi connectivity index (χ0n) is 18.8. The molecule has 0 saturated carbocycles. The number of hydrogen-bond donors (Lipinski definition) is 1. The van der Waals surface area contributed by atoms with E-state index in [-0.39, 0.29) is 23.1 Å². The van der Waals surface area contributed by atoms with E-state index in [1.54, 1.807) is 19.2 Å². The van der Waals surface area contributed by atoms with Crippen LogP contribution in [0.3, 0.4) is 0 Å². The Hall–Kier alpha value is -2.93. The maximum Gasteiger partial charge on any atom is 0.240 e. The lowest BCUT2D eigenvalue weighted by Gasteiger charge is -2.11. The summed E-state index contributed by atoms with van der Waals surface area (Å²) < 4.78 is 33.1. The number of rotatable bonds is 9. The number of methoxy groups -OCH3 is 1. The molecule has 1 atom stereocenters. The van der Waals surface area contributed by atoms with E-state index in [0.717, 1.165) is 22.4 Å². The Bertz CT molecular complexity index is 1300. The third-order valence-electron chi connectivity index (χ3n) is 5.94. The molecule has 0 radical (unpaired) electrons. The van der Waals surface area contributed by atoms with E-state index in [4.69, 9.17) is 16.3 Å². The second-order valence-corrected chi connectivity index (χ2v) is 10.5. The van der Waals surface area contributed by atoms with Crippen LogP contribution in [0, 0.1) is 5.92 Å². The highest BCUT2D eigenvalue weighted by atomic mass is 35.5. The van der Waals surface area contributed by atoms with Crippen LogP contribution in [0.15, 0.2) is 89.5 Å². The van der Waals surface area contributed by atoms with Crippen LogP contribution in [0.4, 0.5) is 0 Å². The lowest BCUT2D eigenvalue weighted by atomic mass is 9.92. The molecule has 3 aromatic carbocycles. The fourth-order valence-corrected chi connectivity index (χ4v) is 5.40. The van der Waals surface area contributed by atoms with Gasteiger partial charge < -0.3 is 4.74 Å². The Kier molecular flexibility index (Phi) is 7.51. The third kappa shape index (κ3) is 5.58. The van der Waals surface area contributed by atoms with Gasteiger partial charge in [0.2, 0.25) is 10.0 Å². The fraction of sp³-hybridized carbons (Fsp3) is 0.222. The van der Waals surface area contributed by atoms with Crippen molar-refractivity contribution in [3.05, 3.63) is 106 Å². The normalized spacial score (nSPS) is 16.2. The van der Waals surface area contributed by atoms with Crippen LogP contribution in [0.25, 0.3) is 5.57 Å². The SMILES string of the molecule is COC1=C(c2ccccc2)C(=O)C(Cc2cccc(CCNS(=O)(=O)c3ccc(Cl)cc3)c2)C1. The molecular formula is C27H26ClNO4S. The Morgan fingerprint density at radius 1 is 0.971 bits per heavy atom. The van der Waals surface area contributed by atoms with Crippen molar-refractivity contribution in [3.63, 3.8) is 0 Å². The van der Waals surface area contributed by atoms with Crippen LogP contribution in [-0.4, -0.2) is 27.9 Å². The molecule has 0 saturated heterocycles. The Morgan fingerprint density at radius 2 is 1.68 bits per heavy atom. The highest BCUT2D eigenvalue weighted by Gasteiger charge is 2.34. The van der Waals surface area contributed by atoms with Gasteiger partial charge in [-0.2, -0.15) is 0 Å². The summed E-state index contributed by atoms with van der Waals surface area (Å²) in [4.78, 5) is 13.4. The van der Waals surface area contributed by atoms with Crippen LogP contribution in [-0.2, 0) is 32.4 Å². The molecule has 0 bridgehead atoms. The summed E-state index contributed by atoms with van der Waals surface area (Å²) in [6.45, 7) is 0.268. The first-order valence-corrected chi connectivity index (χ1v) is 12.9. The van der Waals surface area contributed by atoms with Crippen molar-refractivity contribution in [2.45, 2.75) is 24.2 Å². The zero-order valence-corrected chi connectivity index (χ0v) is 20.4. The van der Waals surface area contributed by atoms with E-state index in [1.165, 1.54) is 12.1 Å². The van der Waals surface area contributed by atoms with Crippen molar-refractivity contribution >= 4 is 33.0 Å². The number of ketones is 1. The topological polar surface area (TPSA) is 72.5 Å². The van der Waals surface area contributed by atoms with E-state index in [0.29, 0.717) is 29.9 Å². The van der Waals surface area contributed by atoms with Crippen molar-refractivity contribution in [3.8, 4) is 0 Å². The molecule has 1 aliphatic carbocycles. The van der Waals surface area contributed by atoms with E-state index < -0.39 is 10.0 Å². The highest BCUT2D eigenvalue weighted by molar-refractivity contribution is 7.89. The maximum atomic E-state index is 13.2. The lowest BCUT2D eigenvalue weighted by Crippen LogP contribution is -2.26. The molecule has 7 heteroatoms. The molecule has 0 spiro atoms. The first-order valence-electron chi connectivity index (χ1n) is 11.1. The van der Waals surface area contributed by atoms with Gasteiger partial charge in [0.05, 0.1) is 17.6 Å². The molecule has 34 heavy (non-hydrogen) atoms. The van der Waals surface area contributed by atoms with Crippen molar-refractivity contribution in [1.29, 1.82) is 0 Å². The van der Waals surface area contributed by atoms with Crippen molar-refractivity contribution < 1.29 is 17.9 Å². The molecule has 0 heterocycles. The van der Waals surface area contributed by atoms with E-state index in [1.807, 2.05) is 54.6 Å². The van der Waals surface area contributed by atoms with Gasteiger partial charge in [-0.15, -0.1) is 0 Å². The number of carbonyl (C=O) groups is 1. The van der Waals surface area contributed by atoms with Gasteiger partial charge in [0.1, 0.15) is 5.76 Å². The summed E-state index contributed by atoms with van der Waals surface area (Å²) in [5.74, 6) is 0.655.